The molecule has 0 radical (unpaired) electrons. The van der Waals surface area contributed by atoms with Gasteiger partial charge in [-0.2, -0.15) is 13.2 Å². The number of piperidine rings is 1. The van der Waals surface area contributed by atoms with E-state index < -0.39 is 29.1 Å². The van der Waals surface area contributed by atoms with E-state index in [4.69, 9.17) is 4.42 Å². The number of alkyl halides is 3. The molecule has 0 saturated carbocycles. The quantitative estimate of drug-likeness (QED) is 0.370. The number of oxazole rings is 1. The fourth-order valence-corrected chi connectivity index (χ4v) is 4.35. The predicted molar refractivity (Wildman–Crippen MR) is 131 cm³/mol. The van der Waals surface area contributed by atoms with E-state index in [2.05, 4.69) is 15.3 Å². The molecule has 0 spiro atoms. The highest BCUT2D eigenvalue weighted by Gasteiger charge is 2.42. The van der Waals surface area contributed by atoms with Crippen molar-refractivity contribution in [2.24, 2.45) is 0 Å². The Kier molecular flexibility index (Phi) is 6.43. The second kappa shape index (κ2) is 9.70. The van der Waals surface area contributed by atoms with Gasteiger partial charge in [-0.25, -0.2) is 9.97 Å². The molecule has 7 nitrogen and oxygen atoms in total. The average molecular weight is 509 g/mol. The highest BCUT2D eigenvalue weighted by atomic mass is 19.4. The van der Waals surface area contributed by atoms with Gasteiger partial charge in [-0.1, -0.05) is 48.5 Å². The Morgan fingerprint density at radius 3 is 2.22 bits per heavy atom. The molecule has 5 rings (SSSR count). The van der Waals surface area contributed by atoms with Gasteiger partial charge >= 0.3 is 6.18 Å². The molecule has 10 heteroatoms. The maximum Gasteiger partial charge on any atom is 0.452 e. The summed E-state index contributed by atoms with van der Waals surface area (Å²) in [4.78, 5) is 22.9. The van der Waals surface area contributed by atoms with Gasteiger partial charge in [-0.05, 0) is 42.7 Å². The number of carbonyl (C=O) groups excluding carboxylic acids is 1. The Hall–Kier alpha value is -4.18. The standard InChI is InChI=1S/C27H23F3N4O3/c28-27(29,30)23-22(33-25(37-23)18-7-3-1-4-8-18)24(35)32-20-11-12-21(31-17-20)34-15-13-26(36,14-16-34)19-9-5-2-6-10-19/h1-12,17,36H,13-16H2,(H,32,35). The zero-order valence-electron chi connectivity index (χ0n) is 19.6. The van der Waals surface area contributed by atoms with Gasteiger partial charge in [0.15, 0.2) is 5.69 Å². The maximum atomic E-state index is 13.5. The van der Waals surface area contributed by atoms with Crippen LogP contribution < -0.4 is 10.2 Å². The fourth-order valence-electron chi connectivity index (χ4n) is 4.35. The Morgan fingerprint density at radius 2 is 1.62 bits per heavy atom. The van der Waals surface area contributed by atoms with E-state index in [1.54, 1.807) is 30.3 Å². The van der Waals surface area contributed by atoms with Crippen LogP contribution in [-0.4, -0.2) is 34.1 Å². The second-order valence-electron chi connectivity index (χ2n) is 8.80. The monoisotopic (exact) mass is 508 g/mol. The summed E-state index contributed by atoms with van der Waals surface area (Å²) >= 11 is 0. The SMILES string of the molecule is O=C(Nc1ccc(N2CCC(O)(c3ccccc3)CC2)nc1)c1nc(-c2ccccc2)oc1C(F)(F)F. The molecule has 2 aromatic heterocycles. The number of nitrogens with one attached hydrogen (secondary N) is 1. The van der Waals surface area contributed by atoms with E-state index in [1.165, 1.54) is 18.3 Å². The largest absolute Gasteiger partial charge is 0.452 e. The number of rotatable bonds is 5. The lowest BCUT2D eigenvalue weighted by molar-refractivity contribution is -0.153. The van der Waals surface area contributed by atoms with Gasteiger partial charge in [0.1, 0.15) is 5.82 Å². The number of anilines is 2. The average Bonchev–Trinajstić information content (AvgIpc) is 3.38. The minimum atomic E-state index is -4.90. The molecule has 1 saturated heterocycles. The molecular formula is C27H23F3N4O3. The number of carbonyl (C=O) groups is 1. The first-order valence-corrected chi connectivity index (χ1v) is 11.7. The molecule has 0 unspecified atom stereocenters. The first-order chi connectivity index (χ1) is 17.7. The minimum Gasteiger partial charge on any atom is -0.431 e. The topological polar surface area (TPSA) is 91.5 Å². The molecule has 37 heavy (non-hydrogen) atoms. The van der Waals surface area contributed by atoms with Gasteiger partial charge in [-0.3, -0.25) is 4.79 Å². The summed E-state index contributed by atoms with van der Waals surface area (Å²) in [5.41, 5.74) is -0.352. The molecule has 0 atom stereocenters. The molecule has 0 bridgehead atoms. The molecule has 3 heterocycles. The van der Waals surface area contributed by atoms with Crippen LogP contribution in [0.25, 0.3) is 11.5 Å². The summed E-state index contributed by atoms with van der Waals surface area (Å²) in [5.74, 6) is -2.18. The lowest BCUT2D eigenvalue weighted by Crippen LogP contribution is -2.42. The summed E-state index contributed by atoms with van der Waals surface area (Å²) in [6.45, 7) is 1.14. The Bertz CT molecular complexity index is 1370. The van der Waals surface area contributed by atoms with E-state index >= 15 is 0 Å². The molecule has 4 aromatic rings. The second-order valence-corrected chi connectivity index (χ2v) is 8.80. The molecule has 1 amide bonds. The van der Waals surface area contributed by atoms with E-state index in [0.717, 1.165) is 5.56 Å². The number of pyridine rings is 1. The van der Waals surface area contributed by atoms with Crippen LogP contribution in [0.4, 0.5) is 24.7 Å². The highest BCUT2D eigenvalue weighted by molar-refractivity contribution is 6.04. The molecule has 2 aromatic carbocycles. The first-order valence-electron chi connectivity index (χ1n) is 11.7. The lowest BCUT2D eigenvalue weighted by Gasteiger charge is -2.39. The van der Waals surface area contributed by atoms with Crippen molar-refractivity contribution in [3.05, 3.63) is 96.0 Å². The van der Waals surface area contributed by atoms with Gasteiger partial charge in [0.05, 0.1) is 17.5 Å². The zero-order chi connectivity index (χ0) is 26.0. The van der Waals surface area contributed by atoms with Crippen molar-refractivity contribution in [2.45, 2.75) is 24.6 Å². The van der Waals surface area contributed by atoms with Gasteiger partial charge in [-0.15, -0.1) is 0 Å². The van der Waals surface area contributed by atoms with Crippen LogP contribution in [0.5, 0.6) is 0 Å². The van der Waals surface area contributed by atoms with Crippen LogP contribution in [0, 0.1) is 0 Å². The van der Waals surface area contributed by atoms with Crippen LogP contribution in [0.1, 0.15) is 34.7 Å². The molecule has 2 N–H and O–H groups in total. The van der Waals surface area contributed by atoms with Gasteiger partial charge in [0, 0.05) is 18.7 Å². The third-order valence-corrected chi connectivity index (χ3v) is 6.35. The van der Waals surface area contributed by atoms with Crippen molar-refractivity contribution in [3.63, 3.8) is 0 Å². The van der Waals surface area contributed by atoms with Crippen LogP contribution in [0.3, 0.4) is 0 Å². The van der Waals surface area contributed by atoms with Gasteiger partial charge in [0.2, 0.25) is 11.7 Å². The highest BCUT2D eigenvalue weighted by Crippen LogP contribution is 2.36. The Morgan fingerprint density at radius 1 is 0.973 bits per heavy atom. The van der Waals surface area contributed by atoms with Gasteiger partial charge in [0.25, 0.3) is 5.91 Å². The zero-order valence-corrected chi connectivity index (χ0v) is 19.6. The van der Waals surface area contributed by atoms with Crippen molar-refractivity contribution in [3.8, 4) is 11.5 Å². The summed E-state index contributed by atoms with van der Waals surface area (Å²) in [5, 5.41) is 13.4. The third kappa shape index (κ3) is 5.19. The van der Waals surface area contributed by atoms with Crippen molar-refractivity contribution < 1.29 is 27.5 Å². The smallest absolute Gasteiger partial charge is 0.431 e. The summed E-state index contributed by atoms with van der Waals surface area (Å²) in [6, 6.07) is 20.8. The van der Waals surface area contributed by atoms with Crippen molar-refractivity contribution in [2.75, 3.05) is 23.3 Å². The van der Waals surface area contributed by atoms with Gasteiger partial charge < -0.3 is 19.7 Å². The maximum absolute atomic E-state index is 13.5. The molecule has 1 aliphatic rings. The number of hydrogen-bond acceptors (Lipinski definition) is 6. The number of nitrogens with zero attached hydrogens (tertiary/aromatic N) is 3. The van der Waals surface area contributed by atoms with Crippen LogP contribution in [-0.2, 0) is 11.8 Å². The predicted octanol–water partition coefficient (Wildman–Crippen LogP) is 5.50. The Balaban J connectivity index is 1.28. The van der Waals surface area contributed by atoms with Crippen LogP contribution >= 0.6 is 0 Å². The van der Waals surface area contributed by atoms with Crippen LogP contribution in [0.15, 0.2) is 83.4 Å². The van der Waals surface area contributed by atoms with E-state index in [1.807, 2.05) is 35.2 Å². The lowest BCUT2D eigenvalue weighted by atomic mass is 9.84. The Labute approximate surface area is 210 Å². The number of amides is 1. The number of halogens is 3. The molecule has 0 aliphatic carbocycles. The van der Waals surface area contributed by atoms with E-state index in [9.17, 15) is 23.1 Å². The fraction of sp³-hybridized carbons (Fsp3) is 0.222. The van der Waals surface area contributed by atoms with E-state index in [-0.39, 0.29) is 11.6 Å². The van der Waals surface area contributed by atoms with Crippen molar-refractivity contribution in [1.29, 1.82) is 0 Å². The number of aliphatic hydroxyl groups is 1. The normalized spacial score (nSPS) is 15.4. The van der Waals surface area contributed by atoms with E-state index in [0.29, 0.717) is 37.3 Å². The summed E-state index contributed by atoms with van der Waals surface area (Å²) in [7, 11) is 0. The molecule has 1 fully saturated rings. The number of hydrogen-bond donors (Lipinski definition) is 2. The van der Waals surface area contributed by atoms with Crippen LogP contribution in [0.2, 0.25) is 0 Å². The number of benzene rings is 2. The summed E-state index contributed by atoms with van der Waals surface area (Å²) < 4.78 is 45.6. The summed E-state index contributed by atoms with van der Waals surface area (Å²) in [6.07, 6.45) is -2.48. The molecule has 190 valence electrons. The molecular weight excluding hydrogens is 485 g/mol. The molecule has 1 aliphatic heterocycles. The number of aromatic nitrogens is 2. The van der Waals surface area contributed by atoms with Crippen molar-refractivity contribution >= 4 is 17.4 Å². The first kappa shape index (κ1) is 24.5. The van der Waals surface area contributed by atoms with Crippen molar-refractivity contribution in [1.82, 2.24) is 9.97 Å². The third-order valence-electron chi connectivity index (χ3n) is 6.35. The minimum absolute atomic E-state index is 0.212.